The Labute approximate surface area is 129 Å². The Kier molecular flexibility index (Phi) is 4.00. The molecular formula is C16H19ClFN3. The second-order valence-corrected chi connectivity index (χ2v) is 6.10. The molecule has 2 aromatic rings. The van der Waals surface area contributed by atoms with Crippen LogP contribution in [0.25, 0.3) is 0 Å². The summed E-state index contributed by atoms with van der Waals surface area (Å²) in [7, 11) is 0. The van der Waals surface area contributed by atoms with E-state index in [1.54, 1.807) is 4.68 Å². The van der Waals surface area contributed by atoms with Crippen molar-refractivity contribution in [3.63, 3.8) is 0 Å². The Bertz CT molecular complexity index is 662. The normalized spacial score (nSPS) is 14.7. The van der Waals surface area contributed by atoms with E-state index >= 15 is 0 Å². The molecule has 3 rings (SSSR count). The summed E-state index contributed by atoms with van der Waals surface area (Å²) in [5.41, 5.74) is 3.40. The highest BCUT2D eigenvalue weighted by Crippen LogP contribution is 2.22. The van der Waals surface area contributed by atoms with Crippen LogP contribution in [0.2, 0.25) is 5.02 Å². The molecule has 1 aliphatic carbocycles. The van der Waals surface area contributed by atoms with Crippen LogP contribution in [0.3, 0.4) is 0 Å². The van der Waals surface area contributed by atoms with Gasteiger partial charge in [-0.05, 0) is 44.4 Å². The van der Waals surface area contributed by atoms with Crippen LogP contribution in [0.5, 0.6) is 0 Å². The van der Waals surface area contributed by atoms with E-state index in [4.69, 9.17) is 11.6 Å². The maximum Gasteiger partial charge on any atom is 0.128 e. The van der Waals surface area contributed by atoms with E-state index in [-0.39, 0.29) is 5.82 Å². The zero-order chi connectivity index (χ0) is 15.0. The van der Waals surface area contributed by atoms with Crippen molar-refractivity contribution in [3.05, 3.63) is 51.6 Å². The molecule has 0 aliphatic heterocycles. The minimum atomic E-state index is -0.200. The van der Waals surface area contributed by atoms with Gasteiger partial charge in [-0.25, -0.2) is 4.39 Å². The molecule has 1 N–H and O–H groups in total. The van der Waals surface area contributed by atoms with E-state index in [0.29, 0.717) is 23.2 Å². The predicted molar refractivity (Wildman–Crippen MR) is 82.1 cm³/mol. The molecule has 0 unspecified atom stereocenters. The van der Waals surface area contributed by atoms with Gasteiger partial charge in [0.15, 0.2) is 0 Å². The minimum absolute atomic E-state index is 0.200. The van der Waals surface area contributed by atoms with Gasteiger partial charge in [0.1, 0.15) is 5.82 Å². The lowest BCUT2D eigenvalue weighted by Crippen LogP contribution is -2.16. The first-order valence-corrected chi connectivity index (χ1v) is 7.62. The average Bonchev–Trinajstić information content (AvgIpc) is 3.26. The van der Waals surface area contributed by atoms with E-state index in [0.717, 1.165) is 23.5 Å². The summed E-state index contributed by atoms with van der Waals surface area (Å²) < 4.78 is 15.8. The molecule has 0 radical (unpaired) electrons. The van der Waals surface area contributed by atoms with E-state index < -0.39 is 0 Å². The maximum absolute atomic E-state index is 14.0. The molecule has 1 fully saturated rings. The molecule has 1 aromatic heterocycles. The van der Waals surface area contributed by atoms with Crippen LogP contribution in [0.1, 0.15) is 35.4 Å². The molecule has 112 valence electrons. The topological polar surface area (TPSA) is 29.9 Å². The third-order valence-corrected chi connectivity index (χ3v) is 4.44. The highest BCUT2D eigenvalue weighted by molar-refractivity contribution is 6.31. The molecule has 0 spiro atoms. The smallest absolute Gasteiger partial charge is 0.128 e. The lowest BCUT2D eigenvalue weighted by atomic mass is 10.1. The molecule has 5 heteroatoms. The second-order valence-electron chi connectivity index (χ2n) is 5.72. The Morgan fingerprint density at radius 1 is 1.38 bits per heavy atom. The minimum Gasteiger partial charge on any atom is -0.310 e. The van der Waals surface area contributed by atoms with Crippen molar-refractivity contribution in [1.29, 1.82) is 0 Å². The monoisotopic (exact) mass is 307 g/mol. The lowest BCUT2D eigenvalue weighted by molar-refractivity contribution is 0.576. The van der Waals surface area contributed by atoms with Crippen LogP contribution < -0.4 is 5.32 Å². The largest absolute Gasteiger partial charge is 0.310 e. The Morgan fingerprint density at radius 3 is 2.76 bits per heavy atom. The number of aromatic nitrogens is 2. The van der Waals surface area contributed by atoms with Crippen LogP contribution in [0.15, 0.2) is 18.2 Å². The van der Waals surface area contributed by atoms with Crippen molar-refractivity contribution < 1.29 is 4.39 Å². The third kappa shape index (κ3) is 3.27. The summed E-state index contributed by atoms with van der Waals surface area (Å²) in [5.74, 6) is -0.200. The van der Waals surface area contributed by atoms with E-state index in [1.807, 2.05) is 26.0 Å². The first-order valence-electron chi connectivity index (χ1n) is 7.25. The number of hydrogen-bond donors (Lipinski definition) is 1. The van der Waals surface area contributed by atoms with Gasteiger partial charge in [0.2, 0.25) is 0 Å². The van der Waals surface area contributed by atoms with Gasteiger partial charge in [-0.3, -0.25) is 4.68 Å². The van der Waals surface area contributed by atoms with Crippen molar-refractivity contribution >= 4 is 11.6 Å². The van der Waals surface area contributed by atoms with Crippen molar-refractivity contribution in [3.8, 4) is 0 Å². The van der Waals surface area contributed by atoms with Crippen LogP contribution in [-0.4, -0.2) is 15.8 Å². The molecule has 0 bridgehead atoms. The lowest BCUT2D eigenvalue weighted by Gasteiger charge is -2.09. The second kappa shape index (κ2) is 5.78. The van der Waals surface area contributed by atoms with E-state index in [1.165, 1.54) is 18.9 Å². The molecule has 0 atom stereocenters. The highest BCUT2D eigenvalue weighted by Gasteiger charge is 2.20. The van der Waals surface area contributed by atoms with Gasteiger partial charge in [-0.2, -0.15) is 5.10 Å². The summed E-state index contributed by atoms with van der Waals surface area (Å²) in [4.78, 5) is 0. The summed E-state index contributed by atoms with van der Waals surface area (Å²) in [6, 6.07) is 5.93. The molecule has 21 heavy (non-hydrogen) atoms. The SMILES string of the molecule is Cc1nn(Cc2cc(CNC3CC3)ccc2F)c(C)c1Cl. The van der Waals surface area contributed by atoms with Gasteiger partial charge >= 0.3 is 0 Å². The van der Waals surface area contributed by atoms with Crippen molar-refractivity contribution in [1.82, 2.24) is 15.1 Å². The van der Waals surface area contributed by atoms with Gasteiger partial charge in [0.05, 0.1) is 23.0 Å². The molecule has 1 aromatic carbocycles. The van der Waals surface area contributed by atoms with Gasteiger partial charge in [-0.15, -0.1) is 0 Å². The first-order chi connectivity index (χ1) is 10.0. The predicted octanol–water partition coefficient (Wildman–Crippen LogP) is 3.59. The average molecular weight is 308 g/mol. The molecule has 1 aliphatic rings. The van der Waals surface area contributed by atoms with Crippen molar-refractivity contribution in [2.24, 2.45) is 0 Å². The fraction of sp³-hybridized carbons (Fsp3) is 0.438. The number of aryl methyl sites for hydroxylation is 1. The zero-order valence-electron chi connectivity index (χ0n) is 12.3. The quantitative estimate of drug-likeness (QED) is 0.915. The van der Waals surface area contributed by atoms with E-state index in [2.05, 4.69) is 10.4 Å². The van der Waals surface area contributed by atoms with Gasteiger partial charge in [0, 0.05) is 18.2 Å². The number of benzene rings is 1. The first kappa shape index (κ1) is 14.5. The fourth-order valence-electron chi connectivity index (χ4n) is 2.40. The van der Waals surface area contributed by atoms with E-state index in [9.17, 15) is 4.39 Å². The third-order valence-electron chi connectivity index (χ3n) is 3.90. The van der Waals surface area contributed by atoms with Crippen LogP contribution in [-0.2, 0) is 13.1 Å². The Hall–Kier alpha value is -1.39. The number of nitrogens with zero attached hydrogens (tertiary/aromatic N) is 2. The summed E-state index contributed by atoms with van der Waals surface area (Å²) >= 11 is 6.14. The summed E-state index contributed by atoms with van der Waals surface area (Å²) in [5, 5.41) is 8.46. The number of halogens is 2. The van der Waals surface area contributed by atoms with Gasteiger partial charge in [-0.1, -0.05) is 17.7 Å². The van der Waals surface area contributed by atoms with Gasteiger partial charge < -0.3 is 5.32 Å². The van der Waals surface area contributed by atoms with Gasteiger partial charge in [0.25, 0.3) is 0 Å². The number of hydrogen-bond acceptors (Lipinski definition) is 2. The highest BCUT2D eigenvalue weighted by atomic mass is 35.5. The molecular weight excluding hydrogens is 289 g/mol. The van der Waals surface area contributed by atoms with Crippen LogP contribution >= 0.6 is 11.6 Å². The number of rotatable bonds is 5. The molecule has 1 heterocycles. The number of nitrogens with one attached hydrogen (secondary N) is 1. The van der Waals surface area contributed by atoms with Crippen molar-refractivity contribution in [2.75, 3.05) is 0 Å². The molecule has 0 saturated heterocycles. The standard InChI is InChI=1S/C16H19ClFN3/c1-10-16(17)11(2)21(20-10)9-13-7-12(3-6-15(13)18)8-19-14-4-5-14/h3,6-7,14,19H,4-5,8-9H2,1-2H3. The molecule has 0 amide bonds. The molecule has 3 nitrogen and oxygen atoms in total. The summed E-state index contributed by atoms with van der Waals surface area (Å²) in [6.07, 6.45) is 2.50. The van der Waals surface area contributed by atoms with Crippen molar-refractivity contribution in [2.45, 2.75) is 45.8 Å². The van der Waals surface area contributed by atoms with Crippen LogP contribution in [0.4, 0.5) is 4.39 Å². The maximum atomic E-state index is 14.0. The molecule has 1 saturated carbocycles. The zero-order valence-corrected chi connectivity index (χ0v) is 13.0. The Balaban J connectivity index is 1.79. The Morgan fingerprint density at radius 2 is 2.14 bits per heavy atom. The van der Waals surface area contributed by atoms with Crippen LogP contribution in [0, 0.1) is 19.7 Å². The fourth-order valence-corrected chi connectivity index (χ4v) is 2.53. The summed E-state index contributed by atoms with van der Waals surface area (Å²) in [6.45, 7) is 4.95.